The first-order chi connectivity index (χ1) is 31.2. The molecule has 0 unspecified atom stereocenters. The van der Waals surface area contributed by atoms with E-state index in [1.807, 2.05) is 72.8 Å². The van der Waals surface area contributed by atoms with Crippen LogP contribution in [0.5, 0.6) is 0 Å². The Balaban J connectivity index is 1.03. The van der Waals surface area contributed by atoms with Crippen LogP contribution in [0, 0.1) is 0 Å². The highest BCUT2D eigenvalue weighted by atomic mass is 16.3. The van der Waals surface area contributed by atoms with Crippen LogP contribution in [0.1, 0.15) is 0 Å². The Morgan fingerprint density at radius 1 is 0.302 bits per heavy atom. The highest BCUT2D eigenvalue weighted by Gasteiger charge is 2.21. The van der Waals surface area contributed by atoms with E-state index in [9.17, 15) is 0 Å². The zero-order chi connectivity index (χ0) is 41.4. The molecule has 4 heterocycles. The standard InChI is InChI=1S/C57H35N5O/c1-5-16-36(17-6-1)55-58-56(37-18-7-2-8-19-37)60-57(59-55)43-25-15-27-53-54(43)47-33-39(29-31-52(47)63-53)38-28-30-49-44(32-38)46-35-50-45(34-51(46)62(49)41-22-11-4-12-23-41)42-24-13-14-26-48(42)61(50)40-20-9-3-10-21-40/h1-35H. The van der Waals surface area contributed by atoms with Gasteiger partial charge < -0.3 is 13.6 Å². The van der Waals surface area contributed by atoms with Gasteiger partial charge in [-0.05, 0) is 83.9 Å². The number of furan rings is 1. The van der Waals surface area contributed by atoms with Crippen LogP contribution in [0.4, 0.5) is 0 Å². The molecule has 6 heteroatoms. The van der Waals surface area contributed by atoms with E-state index in [0.29, 0.717) is 17.5 Å². The number of hydrogen-bond acceptors (Lipinski definition) is 4. The van der Waals surface area contributed by atoms with E-state index >= 15 is 0 Å². The molecule has 0 fully saturated rings. The van der Waals surface area contributed by atoms with Crippen molar-refractivity contribution < 1.29 is 4.42 Å². The zero-order valence-electron chi connectivity index (χ0n) is 33.9. The van der Waals surface area contributed by atoms with Crippen LogP contribution in [-0.2, 0) is 0 Å². The summed E-state index contributed by atoms with van der Waals surface area (Å²) >= 11 is 0. The van der Waals surface area contributed by atoms with Gasteiger partial charge in [0.1, 0.15) is 11.2 Å². The first-order valence-corrected chi connectivity index (χ1v) is 21.2. The number of para-hydroxylation sites is 3. The molecule has 6 nitrogen and oxygen atoms in total. The molecule has 0 aliphatic carbocycles. The van der Waals surface area contributed by atoms with Gasteiger partial charge in [-0.3, -0.25) is 0 Å². The van der Waals surface area contributed by atoms with Crippen LogP contribution < -0.4 is 0 Å². The summed E-state index contributed by atoms with van der Waals surface area (Å²) in [6.07, 6.45) is 0. The smallest absolute Gasteiger partial charge is 0.164 e. The van der Waals surface area contributed by atoms with E-state index in [0.717, 1.165) is 66.6 Å². The second kappa shape index (κ2) is 14.0. The van der Waals surface area contributed by atoms with E-state index < -0.39 is 0 Å². The Kier molecular flexibility index (Phi) is 7.80. The molecule has 0 aliphatic heterocycles. The van der Waals surface area contributed by atoms with Gasteiger partial charge >= 0.3 is 0 Å². The van der Waals surface area contributed by atoms with Crippen LogP contribution in [0.15, 0.2) is 217 Å². The second-order valence-corrected chi connectivity index (χ2v) is 16.0. The van der Waals surface area contributed by atoms with Gasteiger partial charge in [-0.2, -0.15) is 0 Å². The lowest BCUT2D eigenvalue weighted by Crippen LogP contribution is -2.00. The summed E-state index contributed by atoms with van der Waals surface area (Å²) in [5, 5.41) is 6.80. The Morgan fingerprint density at radius 3 is 1.43 bits per heavy atom. The minimum Gasteiger partial charge on any atom is -0.456 e. The third kappa shape index (κ3) is 5.62. The van der Waals surface area contributed by atoms with Crippen LogP contribution in [0.2, 0.25) is 0 Å². The highest BCUT2D eigenvalue weighted by Crippen LogP contribution is 2.42. The molecule has 0 atom stereocenters. The van der Waals surface area contributed by atoms with Crippen LogP contribution in [-0.4, -0.2) is 24.1 Å². The first-order valence-electron chi connectivity index (χ1n) is 21.2. The van der Waals surface area contributed by atoms with E-state index in [2.05, 4.69) is 149 Å². The van der Waals surface area contributed by atoms with Crippen molar-refractivity contribution in [3.63, 3.8) is 0 Å². The molecule has 0 radical (unpaired) electrons. The van der Waals surface area contributed by atoms with Crippen molar-refractivity contribution in [2.75, 3.05) is 0 Å². The van der Waals surface area contributed by atoms with Crippen molar-refractivity contribution in [3.8, 4) is 56.7 Å². The lowest BCUT2D eigenvalue weighted by Gasteiger charge is -2.09. The lowest BCUT2D eigenvalue weighted by molar-refractivity contribution is 0.669. The van der Waals surface area contributed by atoms with Gasteiger partial charge in [0.2, 0.25) is 0 Å². The average molecular weight is 806 g/mol. The van der Waals surface area contributed by atoms with Crippen molar-refractivity contribution in [1.29, 1.82) is 0 Å². The van der Waals surface area contributed by atoms with Crippen molar-refractivity contribution in [1.82, 2.24) is 24.1 Å². The lowest BCUT2D eigenvalue weighted by atomic mass is 9.99. The Hall–Kier alpha value is -8.61. The molecule has 0 amide bonds. The minimum atomic E-state index is 0.593. The fourth-order valence-corrected chi connectivity index (χ4v) is 9.49. The number of nitrogens with zero attached hydrogens (tertiary/aromatic N) is 5. The molecule has 0 spiro atoms. The number of benzene rings is 9. The zero-order valence-corrected chi connectivity index (χ0v) is 33.9. The fraction of sp³-hybridized carbons (Fsp3) is 0. The molecule has 13 aromatic rings. The van der Waals surface area contributed by atoms with Crippen molar-refractivity contribution in [3.05, 3.63) is 212 Å². The maximum absolute atomic E-state index is 6.55. The van der Waals surface area contributed by atoms with Gasteiger partial charge in [0.15, 0.2) is 17.5 Å². The summed E-state index contributed by atoms with van der Waals surface area (Å²) in [7, 11) is 0. The monoisotopic (exact) mass is 805 g/mol. The summed E-state index contributed by atoms with van der Waals surface area (Å²) in [6.45, 7) is 0. The third-order valence-corrected chi connectivity index (χ3v) is 12.4. The first kappa shape index (κ1) is 35.2. The van der Waals surface area contributed by atoms with Gasteiger partial charge in [-0.15, -0.1) is 0 Å². The molecule has 0 saturated heterocycles. The van der Waals surface area contributed by atoms with Crippen molar-refractivity contribution in [2.24, 2.45) is 0 Å². The summed E-state index contributed by atoms with van der Waals surface area (Å²) < 4.78 is 11.4. The molecular weight excluding hydrogens is 771 g/mol. The third-order valence-electron chi connectivity index (χ3n) is 12.4. The highest BCUT2D eigenvalue weighted by molar-refractivity contribution is 6.20. The number of aromatic nitrogens is 5. The molecule has 0 saturated carbocycles. The predicted molar refractivity (Wildman–Crippen MR) is 258 cm³/mol. The van der Waals surface area contributed by atoms with Crippen molar-refractivity contribution >= 4 is 65.6 Å². The summed E-state index contributed by atoms with van der Waals surface area (Å²) in [4.78, 5) is 15.1. The quantitative estimate of drug-likeness (QED) is 0.168. The van der Waals surface area contributed by atoms with E-state index in [1.54, 1.807) is 0 Å². The number of rotatable bonds is 6. The fourth-order valence-electron chi connectivity index (χ4n) is 9.49. The Morgan fingerprint density at radius 2 is 0.794 bits per heavy atom. The summed E-state index contributed by atoms with van der Waals surface area (Å²) in [5.74, 6) is 1.83. The van der Waals surface area contributed by atoms with E-state index in [-0.39, 0.29) is 0 Å². The molecule has 294 valence electrons. The van der Waals surface area contributed by atoms with Crippen LogP contribution in [0.3, 0.4) is 0 Å². The van der Waals surface area contributed by atoms with Crippen LogP contribution >= 0.6 is 0 Å². The normalized spacial score (nSPS) is 11.8. The van der Waals surface area contributed by atoms with Gasteiger partial charge in [0, 0.05) is 60.4 Å². The maximum Gasteiger partial charge on any atom is 0.164 e. The Bertz CT molecular complexity index is 3830. The van der Waals surface area contributed by atoms with Crippen molar-refractivity contribution in [2.45, 2.75) is 0 Å². The molecule has 9 aromatic carbocycles. The summed E-state index contributed by atoms with van der Waals surface area (Å²) in [6, 6.07) is 74.6. The second-order valence-electron chi connectivity index (χ2n) is 16.0. The van der Waals surface area contributed by atoms with Gasteiger partial charge in [0.05, 0.1) is 22.1 Å². The van der Waals surface area contributed by atoms with E-state index in [1.165, 1.54) is 38.1 Å². The predicted octanol–water partition coefficient (Wildman–Crippen LogP) is 14.6. The maximum atomic E-state index is 6.55. The molecule has 13 rings (SSSR count). The SMILES string of the molecule is c1ccc(-c2nc(-c3ccccc3)nc(-c3cccc4oc5ccc(-c6ccc7c(c6)c6cc8c(cc6n7-c6ccccc6)c6ccccc6n8-c6ccccc6)cc5c34)n2)cc1. The number of fused-ring (bicyclic) bond motifs is 9. The summed E-state index contributed by atoms with van der Waals surface area (Å²) in [5.41, 5.74) is 13.5. The topological polar surface area (TPSA) is 61.7 Å². The molecular formula is C57H35N5O. The molecule has 63 heavy (non-hydrogen) atoms. The molecule has 4 aromatic heterocycles. The largest absolute Gasteiger partial charge is 0.456 e. The molecule has 0 bridgehead atoms. The number of hydrogen-bond donors (Lipinski definition) is 0. The van der Waals surface area contributed by atoms with Gasteiger partial charge in [-0.1, -0.05) is 140 Å². The average Bonchev–Trinajstić information content (AvgIpc) is 4.01. The minimum absolute atomic E-state index is 0.593. The van der Waals surface area contributed by atoms with Gasteiger partial charge in [-0.25, -0.2) is 15.0 Å². The Labute approximate surface area is 361 Å². The molecule has 0 N–H and O–H groups in total. The molecule has 0 aliphatic rings. The van der Waals surface area contributed by atoms with Gasteiger partial charge in [0.25, 0.3) is 0 Å². The van der Waals surface area contributed by atoms with E-state index in [4.69, 9.17) is 19.4 Å². The van der Waals surface area contributed by atoms with Crippen LogP contribution in [0.25, 0.3) is 122 Å².